The molecule has 0 aliphatic carbocycles. The molecule has 3 nitrogen and oxygen atoms in total. The smallest absolute Gasteiger partial charge is 0.126 e. The largest absolute Gasteiger partial charge is 0.490 e. The first-order valence-electron chi connectivity index (χ1n) is 7.32. The van der Waals surface area contributed by atoms with E-state index in [-0.39, 0.29) is 6.10 Å². The van der Waals surface area contributed by atoms with Gasteiger partial charge in [0, 0.05) is 25.8 Å². The third-order valence-corrected chi connectivity index (χ3v) is 2.93. The van der Waals surface area contributed by atoms with Crippen molar-refractivity contribution in [3.63, 3.8) is 0 Å². The number of hydrogen-bond acceptors (Lipinski definition) is 3. The van der Waals surface area contributed by atoms with E-state index in [4.69, 9.17) is 9.47 Å². The van der Waals surface area contributed by atoms with E-state index in [1.807, 2.05) is 32.0 Å². The molecule has 0 heterocycles. The molecule has 20 heavy (non-hydrogen) atoms. The lowest BCUT2D eigenvalue weighted by molar-refractivity contribution is 0.200. The number of hydrogen-bond donors (Lipinski definition) is 1. The van der Waals surface area contributed by atoms with Gasteiger partial charge >= 0.3 is 0 Å². The molecule has 112 valence electrons. The molecule has 1 aromatic carbocycles. The van der Waals surface area contributed by atoms with Crippen molar-refractivity contribution in [2.24, 2.45) is 0 Å². The first-order valence-corrected chi connectivity index (χ1v) is 7.32. The van der Waals surface area contributed by atoms with E-state index in [0.717, 1.165) is 37.4 Å². The number of methoxy groups -OCH3 is 1. The van der Waals surface area contributed by atoms with Gasteiger partial charge in [0.05, 0.1) is 12.7 Å². The summed E-state index contributed by atoms with van der Waals surface area (Å²) in [5.74, 6) is 0.949. The van der Waals surface area contributed by atoms with Crippen LogP contribution in [-0.4, -0.2) is 32.9 Å². The maximum Gasteiger partial charge on any atom is 0.126 e. The van der Waals surface area contributed by atoms with Crippen LogP contribution < -0.4 is 10.1 Å². The summed E-state index contributed by atoms with van der Waals surface area (Å²) in [5, 5.41) is 3.38. The van der Waals surface area contributed by atoms with Crippen molar-refractivity contribution in [2.45, 2.75) is 33.3 Å². The van der Waals surface area contributed by atoms with Gasteiger partial charge in [0.25, 0.3) is 0 Å². The highest BCUT2D eigenvalue weighted by atomic mass is 16.5. The lowest BCUT2D eigenvalue weighted by Crippen LogP contribution is -2.21. The predicted molar refractivity (Wildman–Crippen MR) is 85.2 cm³/mol. The zero-order chi connectivity index (χ0) is 14.8. The highest BCUT2D eigenvalue weighted by molar-refractivity contribution is 5.60. The summed E-state index contributed by atoms with van der Waals surface area (Å²) >= 11 is 0. The van der Waals surface area contributed by atoms with Gasteiger partial charge in [0.2, 0.25) is 0 Å². The summed E-state index contributed by atoms with van der Waals surface area (Å²) in [6, 6.07) is 8.18. The van der Waals surface area contributed by atoms with E-state index in [2.05, 4.69) is 24.4 Å². The fourth-order valence-electron chi connectivity index (χ4n) is 1.88. The molecule has 1 N–H and O–H groups in total. The van der Waals surface area contributed by atoms with Gasteiger partial charge in [-0.3, -0.25) is 0 Å². The summed E-state index contributed by atoms with van der Waals surface area (Å²) in [6.07, 6.45) is 3.43. The van der Waals surface area contributed by atoms with Crippen LogP contribution in [0.25, 0.3) is 6.08 Å². The lowest BCUT2D eigenvalue weighted by Gasteiger charge is -2.13. The summed E-state index contributed by atoms with van der Waals surface area (Å²) < 4.78 is 10.9. The highest BCUT2D eigenvalue weighted by Crippen LogP contribution is 2.22. The average molecular weight is 277 g/mol. The second kappa shape index (κ2) is 9.56. The zero-order valence-electron chi connectivity index (χ0n) is 13.1. The molecule has 0 unspecified atom stereocenters. The highest BCUT2D eigenvalue weighted by Gasteiger charge is 2.04. The molecule has 0 saturated carbocycles. The van der Waals surface area contributed by atoms with Gasteiger partial charge in [-0.05, 0) is 26.3 Å². The Bertz CT molecular complexity index is 413. The van der Waals surface area contributed by atoms with Gasteiger partial charge in [0.15, 0.2) is 0 Å². The zero-order valence-corrected chi connectivity index (χ0v) is 13.1. The molecular weight excluding hydrogens is 250 g/mol. The third-order valence-electron chi connectivity index (χ3n) is 2.93. The molecule has 0 amide bonds. The topological polar surface area (TPSA) is 30.5 Å². The molecule has 0 aromatic heterocycles. The second-order valence-corrected chi connectivity index (χ2v) is 5.03. The Balaban J connectivity index is 2.73. The summed E-state index contributed by atoms with van der Waals surface area (Å²) in [5.41, 5.74) is 2.51. The first kappa shape index (κ1) is 16.7. The Hall–Kier alpha value is -1.32. The van der Waals surface area contributed by atoms with Crippen LogP contribution in [0.2, 0.25) is 0 Å². The molecule has 0 fully saturated rings. The van der Waals surface area contributed by atoms with E-state index in [0.29, 0.717) is 0 Å². The molecule has 1 aromatic rings. The quantitative estimate of drug-likeness (QED) is 0.701. The Kier molecular flexibility index (Phi) is 8.00. The molecular formula is C17H27NO2. The lowest BCUT2D eigenvalue weighted by atomic mass is 10.1. The number of ether oxygens (including phenoxy) is 2. The normalized spacial score (nSPS) is 11.9. The van der Waals surface area contributed by atoms with Crippen molar-refractivity contribution in [3.8, 4) is 5.75 Å². The monoisotopic (exact) mass is 277 g/mol. The minimum atomic E-state index is 0.189. The van der Waals surface area contributed by atoms with E-state index in [1.165, 1.54) is 5.57 Å². The van der Waals surface area contributed by atoms with Gasteiger partial charge in [-0.2, -0.15) is 0 Å². The minimum Gasteiger partial charge on any atom is -0.490 e. The fraction of sp³-hybridized carbons (Fsp3) is 0.529. The van der Waals surface area contributed by atoms with Crippen LogP contribution in [-0.2, 0) is 4.74 Å². The van der Waals surface area contributed by atoms with Crippen LogP contribution in [0.15, 0.2) is 29.8 Å². The molecule has 0 atom stereocenters. The minimum absolute atomic E-state index is 0.189. The van der Waals surface area contributed by atoms with Crippen molar-refractivity contribution in [3.05, 3.63) is 35.4 Å². The van der Waals surface area contributed by atoms with Crippen molar-refractivity contribution in [1.82, 2.24) is 5.32 Å². The van der Waals surface area contributed by atoms with E-state index in [9.17, 15) is 0 Å². The fourth-order valence-corrected chi connectivity index (χ4v) is 1.88. The Morgan fingerprint density at radius 2 is 2.05 bits per heavy atom. The maximum atomic E-state index is 5.85. The van der Waals surface area contributed by atoms with Crippen molar-refractivity contribution < 1.29 is 9.47 Å². The number of rotatable bonds is 9. The van der Waals surface area contributed by atoms with Gasteiger partial charge in [-0.25, -0.2) is 0 Å². The standard InChI is InChI=1S/C17H27NO2/c1-5-15(13-18-10-11-19-4)12-16-8-6-7-9-17(16)20-14(2)3/h6-9,12,14,18H,5,10-11,13H2,1-4H3. The molecule has 0 aliphatic heterocycles. The van der Waals surface area contributed by atoms with Crippen LogP contribution in [0.1, 0.15) is 32.8 Å². The summed E-state index contributed by atoms with van der Waals surface area (Å²) in [6.45, 7) is 8.77. The average Bonchev–Trinajstić information content (AvgIpc) is 2.43. The predicted octanol–water partition coefficient (Wildman–Crippen LogP) is 3.50. The third kappa shape index (κ3) is 6.22. The van der Waals surface area contributed by atoms with Gasteiger partial charge in [-0.15, -0.1) is 0 Å². The van der Waals surface area contributed by atoms with Crippen molar-refractivity contribution >= 4 is 6.08 Å². The molecule has 0 aliphatic rings. The van der Waals surface area contributed by atoms with E-state index >= 15 is 0 Å². The van der Waals surface area contributed by atoms with E-state index < -0.39 is 0 Å². The second-order valence-electron chi connectivity index (χ2n) is 5.03. The van der Waals surface area contributed by atoms with Crippen molar-refractivity contribution in [2.75, 3.05) is 26.8 Å². The van der Waals surface area contributed by atoms with E-state index in [1.54, 1.807) is 7.11 Å². The summed E-state index contributed by atoms with van der Waals surface area (Å²) in [7, 11) is 1.72. The molecule has 0 spiro atoms. The first-order chi connectivity index (χ1) is 9.67. The van der Waals surface area contributed by atoms with Crippen LogP contribution in [0, 0.1) is 0 Å². The molecule has 0 saturated heterocycles. The van der Waals surface area contributed by atoms with Gasteiger partial charge in [-0.1, -0.05) is 36.8 Å². The Morgan fingerprint density at radius 1 is 1.30 bits per heavy atom. The maximum absolute atomic E-state index is 5.85. The van der Waals surface area contributed by atoms with Gasteiger partial charge < -0.3 is 14.8 Å². The summed E-state index contributed by atoms with van der Waals surface area (Å²) in [4.78, 5) is 0. The molecule has 0 radical (unpaired) electrons. The Morgan fingerprint density at radius 3 is 2.70 bits per heavy atom. The number of benzene rings is 1. The molecule has 1 rings (SSSR count). The van der Waals surface area contributed by atoms with Crippen LogP contribution in [0.3, 0.4) is 0 Å². The number of para-hydroxylation sites is 1. The SMILES string of the molecule is CCC(=Cc1ccccc1OC(C)C)CNCCOC. The van der Waals surface area contributed by atoms with Crippen LogP contribution >= 0.6 is 0 Å². The molecule has 0 bridgehead atoms. The molecule has 3 heteroatoms. The number of nitrogens with one attached hydrogen (secondary N) is 1. The van der Waals surface area contributed by atoms with Crippen molar-refractivity contribution in [1.29, 1.82) is 0 Å². The van der Waals surface area contributed by atoms with Gasteiger partial charge in [0.1, 0.15) is 5.75 Å². The Labute approximate surface area is 123 Å². The van der Waals surface area contributed by atoms with Crippen LogP contribution in [0.5, 0.6) is 5.75 Å². The van der Waals surface area contributed by atoms with Crippen LogP contribution in [0.4, 0.5) is 0 Å².